The fraction of sp³-hybridized carbons (Fsp3) is 0.263. The first-order chi connectivity index (χ1) is 12.7. The van der Waals surface area contributed by atoms with Crippen LogP contribution in [0.25, 0.3) is 5.69 Å². The summed E-state index contributed by atoms with van der Waals surface area (Å²) in [5.74, 6) is 0. The number of anilines is 1. The van der Waals surface area contributed by atoms with Crippen LogP contribution in [0, 0.1) is 4.77 Å². The maximum atomic E-state index is 6.32. The first kappa shape index (κ1) is 17.3. The molecular weight excluding hydrogens is 366 g/mol. The molecule has 26 heavy (non-hydrogen) atoms. The lowest BCUT2D eigenvalue weighted by atomic mass is 10.2. The number of hydrogen-bond donors (Lipinski definition) is 0. The first-order valence-corrected chi connectivity index (χ1v) is 9.43. The van der Waals surface area contributed by atoms with Gasteiger partial charge >= 0.3 is 0 Å². The Morgan fingerprint density at radius 3 is 2.35 bits per heavy atom. The summed E-state index contributed by atoms with van der Waals surface area (Å²) in [6.07, 6.45) is 1.79. The van der Waals surface area contributed by atoms with E-state index in [1.54, 1.807) is 6.33 Å². The molecule has 2 aromatic carbocycles. The van der Waals surface area contributed by atoms with Crippen molar-refractivity contribution in [1.82, 2.24) is 19.2 Å². The highest BCUT2D eigenvalue weighted by Crippen LogP contribution is 2.26. The summed E-state index contributed by atoms with van der Waals surface area (Å²) in [5.41, 5.74) is 2.14. The van der Waals surface area contributed by atoms with E-state index in [2.05, 4.69) is 21.0 Å². The van der Waals surface area contributed by atoms with Crippen molar-refractivity contribution in [3.05, 3.63) is 70.7 Å². The topological polar surface area (TPSA) is 29.2 Å². The van der Waals surface area contributed by atoms with Crippen LogP contribution in [-0.4, -0.2) is 45.4 Å². The molecule has 0 unspecified atom stereocenters. The van der Waals surface area contributed by atoms with E-state index in [1.165, 1.54) is 0 Å². The van der Waals surface area contributed by atoms with Crippen molar-refractivity contribution in [3.8, 4) is 5.69 Å². The summed E-state index contributed by atoms with van der Waals surface area (Å²) < 4.78 is 4.53. The van der Waals surface area contributed by atoms with Crippen molar-refractivity contribution in [2.45, 2.75) is 6.67 Å². The molecule has 0 N–H and O–H groups in total. The molecule has 7 heteroatoms. The molecule has 3 aromatic rings. The Balaban J connectivity index is 1.42. The van der Waals surface area contributed by atoms with Gasteiger partial charge in [-0.05, 0) is 36.5 Å². The Morgan fingerprint density at radius 2 is 1.62 bits per heavy atom. The molecule has 1 aromatic heterocycles. The van der Waals surface area contributed by atoms with E-state index >= 15 is 0 Å². The number of rotatable bonds is 4. The van der Waals surface area contributed by atoms with Gasteiger partial charge in [0.25, 0.3) is 0 Å². The van der Waals surface area contributed by atoms with Crippen LogP contribution in [0.5, 0.6) is 0 Å². The Labute approximate surface area is 163 Å². The second-order valence-corrected chi connectivity index (χ2v) is 7.09. The fourth-order valence-corrected chi connectivity index (χ4v) is 3.74. The van der Waals surface area contributed by atoms with Crippen LogP contribution in [0.1, 0.15) is 0 Å². The molecule has 134 valence electrons. The number of benzene rings is 2. The van der Waals surface area contributed by atoms with E-state index in [1.807, 2.05) is 57.8 Å². The second kappa shape index (κ2) is 7.61. The molecule has 1 aliphatic heterocycles. The van der Waals surface area contributed by atoms with Gasteiger partial charge in [-0.3, -0.25) is 9.47 Å². The van der Waals surface area contributed by atoms with Crippen LogP contribution in [0.15, 0.2) is 60.9 Å². The zero-order valence-corrected chi connectivity index (χ0v) is 15.9. The van der Waals surface area contributed by atoms with Crippen molar-refractivity contribution in [1.29, 1.82) is 0 Å². The maximum Gasteiger partial charge on any atom is 0.203 e. The summed E-state index contributed by atoms with van der Waals surface area (Å²) in [6, 6.07) is 18.1. The maximum absolute atomic E-state index is 6.32. The standard InChI is InChI=1S/C19H20ClN5S/c20-17-8-4-5-9-18(17)23-12-10-22(11-13-23)15-25-19(26)24(14-21-25)16-6-2-1-3-7-16/h1-9,14H,10-13,15H2. The Kier molecular flexibility index (Phi) is 5.06. The van der Waals surface area contributed by atoms with Gasteiger partial charge in [0.15, 0.2) is 0 Å². The quantitative estimate of drug-likeness (QED) is 0.638. The third kappa shape index (κ3) is 3.53. The SMILES string of the molecule is S=c1n(-c2ccccc2)cnn1CN1CCN(c2ccccc2Cl)CC1. The van der Waals surface area contributed by atoms with E-state index in [4.69, 9.17) is 23.8 Å². The summed E-state index contributed by atoms with van der Waals surface area (Å²) in [7, 11) is 0. The van der Waals surface area contributed by atoms with Crippen molar-refractivity contribution >= 4 is 29.5 Å². The lowest BCUT2D eigenvalue weighted by Crippen LogP contribution is -2.47. The van der Waals surface area contributed by atoms with Gasteiger partial charge in [0.2, 0.25) is 4.77 Å². The molecule has 0 saturated carbocycles. The lowest BCUT2D eigenvalue weighted by molar-refractivity contribution is 0.194. The van der Waals surface area contributed by atoms with Gasteiger partial charge in [-0.15, -0.1) is 0 Å². The fourth-order valence-electron chi connectivity index (χ4n) is 3.23. The molecule has 0 spiro atoms. The smallest absolute Gasteiger partial charge is 0.203 e. The van der Waals surface area contributed by atoms with E-state index in [0.29, 0.717) is 11.4 Å². The van der Waals surface area contributed by atoms with Crippen LogP contribution in [0.4, 0.5) is 5.69 Å². The molecule has 5 nitrogen and oxygen atoms in total. The van der Waals surface area contributed by atoms with Crippen molar-refractivity contribution in [2.24, 2.45) is 0 Å². The summed E-state index contributed by atoms with van der Waals surface area (Å²) >= 11 is 11.9. The van der Waals surface area contributed by atoms with Crippen LogP contribution in [0.2, 0.25) is 5.02 Å². The minimum absolute atomic E-state index is 0.703. The van der Waals surface area contributed by atoms with E-state index in [9.17, 15) is 0 Å². The van der Waals surface area contributed by atoms with Gasteiger partial charge < -0.3 is 4.90 Å². The molecular formula is C19H20ClN5S. The third-order valence-electron chi connectivity index (χ3n) is 4.67. The molecule has 0 bridgehead atoms. The molecule has 4 rings (SSSR count). The van der Waals surface area contributed by atoms with Gasteiger partial charge in [-0.25, -0.2) is 4.68 Å². The predicted molar refractivity (Wildman–Crippen MR) is 108 cm³/mol. The molecule has 1 saturated heterocycles. The van der Waals surface area contributed by atoms with Gasteiger partial charge in [0.05, 0.1) is 17.4 Å². The third-order valence-corrected chi connectivity index (χ3v) is 5.39. The predicted octanol–water partition coefficient (Wildman–Crippen LogP) is 3.84. The number of hydrogen-bond acceptors (Lipinski definition) is 4. The van der Waals surface area contributed by atoms with Crippen molar-refractivity contribution in [2.75, 3.05) is 31.1 Å². The lowest BCUT2D eigenvalue weighted by Gasteiger charge is -2.36. The summed E-state index contributed by atoms with van der Waals surface area (Å²) in [6.45, 7) is 4.48. The largest absolute Gasteiger partial charge is 0.368 e. The zero-order valence-electron chi connectivity index (χ0n) is 14.3. The molecule has 0 aliphatic carbocycles. The van der Waals surface area contributed by atoms with Gasteiger partial charge in [-0.2, -0.15) is 5.10 Å². The highest BCUT2D eigenvalue weighted by Gasteiger charge is 2.19. The Hall–Kier alpha value is -2.15. The van der Waals surface area contributed by atoms with E-state index in [0.717, 1.165) is 42.6 Å². The number of piperazine rings is 1. The van der Waals surface area contributed by atoms with Crippen molar-refractivity contribution < 1.29 is 0 Å². The minimum Gasteiger partial charge on any atom is -0.368 e. The van der Waals surface area contributed by atoms with Crippen LogP contribution in [0.3, 0.4) is 0 Å². The van der Waals surface area contributed by atoms with Crippen LogP contribution >= 0.6 is 23.8 Å². The Bertz CT molecular complexity index is 928. The van der Waals surface area contributed by atoms with Crippen LogP contribution < -0.4 is 4.90 Å². The monoisotopic (exact) mass is 385 g/mol. The van der Waals surface area contributed by atoms with Crippen molar-refractivity contribution in [3.63, 3.8) is 0 Å². The summed E-state index contributed by atoms with van der Waals surface area (Å²) in [5, 5.41) is 5.29. The zero-order chi connectivity index (χ0) is 17.9. The highest BCUT2D eigenvalue weighted by atomic mass is 35.5. The Morgan fingerprint density at radius 1 is 0.923 bits per heavy atom. The molecule has 1 fully saturated rings. The molecule has 0 amide bonds. The van der Waals surface area contributed by atoms with E-state index < -0.39 is 0 Å². The molecule has 2 heterocycles. The number of aromatic nitrogens is 3. The van der Waals surface area contributed by atoms with Gasteiger partial charge in [0.1, 0.15) is 6.33 Å². The van der Waals surface area contributed by atoms with Gasteiger partial charge in [0, 0.05) is 31.9 Å². The second-order valence-electron chi connectivity index (χ2n) is 6.32. The molecule has 1 aliphatic rings. The van der Waals surface area contributed by atoms with E-state index in [-0.39, 0.29) is 0 Å². The van der Waals surface area contributed by atoms with Gasteiger partial charge in [-0.1, -0.05) is 41.9 Å². The number of para-hydroxylation sites is 2. The average molecular weight is 386 g/mol. The normalized spacial score (nSPS) is 15.3. The van der Waals surface area contributed by atoms with Crippen LogP contribution in [-0.2, 0) is 6.67 Å². The molecule has 0 atom stereocenters. The molecule has 0 radical (unpaired) electrons. The minimum atomic E-state index is 0.703. The summed E-state index contributed by atoms with van der Waals surface area (Å²) in [4.78, 5) is 4.70. The highest BCUT2D eigenvalue weighted by molar-refractivity contribution is 7.71. The average Bonchev–Trinajstić information content (AvgIpc) is 3.04. The first-order valence-electron chi connectivity index (χ1n) is 8.64. The number of halogens is 1. The number of nitrogens with zero attached hydrogens (tertiary/aromatic N) is 5.